The van der Waals surface area contributed by atoms with Gasteiger partial charge in [-0.15, -0.1) is 11.3 Å². The molecule has 0 saturated carbocycles. The average molecular weight is 316 g/mol. The van der Waals surface area contributed by atoms with Crippen molar-refractivity contribution in [1.29, 1.82) is 0 Å². The summed E-state index contributed by atoms with van der Waals surface area (Å²) in [5.41, 5.74) is 3.26. The molecule has 1 amide bonds. The number of nitrogens with one attached hydrogen (secondary N) is 1. The molecule has 0 aliphatic rings. The maximum atomic E-state index is 11.7. The molecule has 1 aromatic heterocycles. The maximum Gasteiger partial charge on any atom is 0.281 e. The van der Waals surface area contributed by atoms with Gasteiger partial charge in [-0.25, -0.2) is 5.43 Å². The summed E-state index contributed by atoms with van der Waals surface area (Å²) < 4.78 is 10.7. The lowest BCUT2D eigenvalue weighted by Crippen LogP contribution is -2.16. The Labute approximate surface area is 132 Å². The third kappa shape index (κ3) is 4.20. The van der Waals surface area contributed by atoms with E-state index in [0.717, 1.165) is 5.56 Å². The lowest BCUT2D eigenvalue weighted by molar-refractivity contribution is 0.0959. The van der Waals surface area contributed by atoms with Crippen LogP contribution >= 0.6 is 11.3 Å². The first-order valence-electron chi connectivity index (χ1n) is 6.53. The summed E-state index contributed by atoms with van der Waals surface area (Å²) in [4.78, 5) is 12.3. The normalized spacial score (nSPS) is 10.4. The molecule has 0 bridgehead atoms. The minimum Gasteiger partial charge on any atom is -0.493 e. The van der Waals surface area contributed by atoms with Gasteiger partial charge in [0.2, 0.25) is 0 Å². The molecule has 1 N–H and O–H groups in total. The Morgan fingerprint density at radius 3 is 2.95 bits per heavy atom. The Hall–Kier alpha value is -2.60. The van der Waals surface area contributed by atoms with E-state index in [9.17, 15) is 4.79 Å². The summed E-state index contributed by atoms with van der Waals surface area (Å²) in [6, 6.07) is 8.94. The van der Waals surface area contributed by atoms with E-state index >= 15 is 0 Å². The van der Waals surface area contributed by atoms with Gasteiger partial charge in [-0.2, -0.15) is 5.10 Å². The molecule has 6 heteroatoms. The largest absolute Gasteiger partial charge is 0.493 e. The standard InChI is InChI=1S/C16H16N2O3S/c1-3-8-21-13-7-6-12(10-14(13)20-2)11-17-18-16(19)15-5-4-9-22-15/h3-7,9-11H,1,8H2,2H3,(H,18,19)/b17-11+. The summed E-state index contributed by atoms with van der Waals surface area (Å²) in [6.45, 7) is 4.00. The zero-order chi connectivity index (χ0) is 15.8. The number of amides is 1. The van der Waals surface area contributed by atoms with E-state index in [1.165, 1.54) is 11.3 Å². The van der Waals surface area contributed by atoms with E-state index in [2.05, 4.69) is 17.1 Å². The lowest BCUT2D eigenvalue weighted by atomic mass is 10.2. The number of carbonyl (C=O) groups is 1. The zero-order valence-electron chi connectivity index (χ0n) is 12.1. The van der Waals surface area contributed by atoms with Gasteiger partial charge >= 0.3 is 0 Å². The molecule has 0 aliphatic carbocycles. The van der Waals surface area contributed by atoms with E-state index in [1.54, 1.807) is 37.6 Å². The predicted octanol–water partition coefficient (Wildman–Crippen LogP) is 3.09. The Morgan fingerprint density at radius 2 is 2.27 bits per heavy atom. The smallest absolute Gasteiger partial charge is 0.281 e. The van der Waals surface area contributed by atoms with Crippen molar-refractivity contribution < 1.29 is 14.3 Å². The summed E-state index contributed by atoms with van der Waals surface area (Å²) >= 11 is 1.36. The molecule has 0 radical (unpaired) electrons. The van der Waals surface area contributed by atoms with Crippen molar-refractivity contribution in [2.24, 2.45) is 5.10 Å². The highest BCUT2D eigenvalue weighted by Gasteiger charge is 2.05. The van der Waals surface area contributed by atoms with Gasteiger partial charge in [-0.1, -0.05) is 18.7 Å². The number of thiophene rings is 1. The molecule has 5 nitrogen and oxygen atoms in total. The van der Waals surface area contributed by atoms with Crippen LogP contribution in [0.15, 0.2) is 53.5 Å². The number of methoxy groups -OCH3 is 1. The minimum absolute atomic E-state index is 0.232. The van der Waals surface area contributed by atoms with Crippen molar-refractivity contribution in [3.05, 3.63) is 58.8 Å². The number of nitrogens with zero attached hydrogens (tertiary/aromatic N) is 1. The molecule has 0 fully saturated rings. The van der Waals surface area contributed by atoms with E-state index in [0.29, 0.717) is 23.0 Å². The monoisotopic (exact) mass is 316 g/mol. The van der Waals surface area contributed by atoms with Crippen LogP contribution in [-0.2, 0) is 0 Å². The first-order chi connectivity index (χ1) is 10.7. The minimum atomic E-state index is -0.232. The van der Waals surface area contributed by atoms with E-state index in [4.69, 9.17) is 9.47 Å². The zero-order valence-corrected chi connectivity index (χ0v) is 12.9. The fourth-order valence-corrected chi connectivity index (χ4v) is 2.27. The van der Waals surface area contributed by atoms with Crippen molar-refractivity contribution in [1.82, 2.24) is 5.43 Å². The van der Waals surface area contributed by atoms with Gasteiger partial charge in [0.05, 0.1) is 18.2 Å². The number of ether oxygens (including phenoxy) is 2. The topological polar surface area (TPSA) is 59.9 Å². The second-order valence-corrected chi connectivity index (χ2v) is 5.13. The highest BCUT2D eigenvalue weighted by atomic mass is 32.1. The number of carbonyl (C=O) groups excluding carboxylic acids is 1. The van der Waals surface area contributed by atoms with E-state index in [-0.39, 0.29) is 5.91 Å². The van der Waals surface area contributed by atoms with Gasteiger partial charge in [0.25, 0.3) is 5.91 Å². The van der Waals surface area contributed by atoms with Crippen LogP contribution in [-0.4, -0.2) is 25.8 Å². The molecule has 0 atom stereocenters. The molecule has 0 saturated heterocycles. The van der Waals surface area contributed by atoms with E-state index < -0.39 is 0 Å². The van der Waals surface area contributed by atoms with Gasteiger partial charge in [0, 0.05) is 0 Å². The third-order valence-electron chi connectivity index (χ3n) is 2.67. The van der Waals surface area contributed by atoms with Gasteiger partial charge in [-0.3, -0.25) is 4.79 Å². The summed E-state index contributed by atoms with van der Waals surface area (Å²) in [5.74, 6) is 0.988. The van der Waals surface area contributed by atoms with E-state index in [1.807, 2.05) is 17.5 Å². The lowest BCUT2D eigenvalue weighted by Gasteiger charge is -2.09. The fraction of sp³-hybridized carbons (Fsp3) is 0.125. The Bertz CT molecular complexity index is 666. The SMILES string of the molecule is C=CCOc1ccc(/C=N/NC(=O)c2cccs2)cc1OC. The average Bonchev–Trinajstić information content (AvgIpc) is 3.07. The Balaban J connectivity index is 2.01. The fourth-order valence-electron chi connectivity index (χ4n) is 1.66. The van der Waals surface area contributed by atoms with Crippen molar-refractivity contribution in [2.45, 2.75) is 0 Å². The number of hydrogen-bond acceptors (Lipinski definition) is 5. The van der Waals surface area contributed by atoms with Crippen molar-refractivity contribution in [3.63, 3.8) is 0 Å². The van der Waals surface area contributed by atoms with Gasteiger partial charge in [0.15, 0.2) is 11.5 Å². The molecular weight excluding hydrogens is 300 g/mol. The highest BCUT2D eigenvalue weighted by Crippen LogP contribution is 2.27. The molecule has 114 valence electrons. The highest BCUT2D eigenvalue weighted by molar-refractivity contribution is 7.12. The summed E-state index contributed by atoms with van der Waals surface area (Å²) in [5, 5.41) is 5.77. The summed E-state index contributed by atoms with van der Waals surface area (Å²) in [6.07, 6.45) is 3.21. The second-order valence-electron chi connectivity index (χ2n) is 4.19. The Morgan fingerprint density at radius 1 is 1.41 bits per heavy atom. The third-order valence-corrected chi connectivity index (χ3v) is 3.54. The number of hydrazone groups is 1. The molecule has 0 unspecified atom stereocenters. The molecular formula is C16H16N2O3S. The second kappa shape index (κ2) is 7.99. The van der Waals surface area contributed by atoms with Crippen molar-refractivity contribution in [2.75, 3.05) is 13.7 Å². The van der Waals surface area contributed by atoms with Crippen LogP contribution < -0.4 is 14.9 Å². The van der Waals surface area contributed by atoms with Crippen LogP contribution in [0.3, 0.4) is 0 Å². The molecule has 22 heavy (non-hydrogen) atoms. The van der Waals surface area contributed by atoms with Crippen LogP contribution in [0.2, 0.25) is 0 Å². The quantitative estimate of drug-likeness (QED) is 0.485. The van der Waals surface area contributed by atoms with Crippen molar-refractivity contribution in [3.8, 4) is 11.5 Å². The number of hydrogen-bond donors (Lipinski definition) is 1. The first kappa shape index (κ1) is 15.8. The van der Waals surface area contributed by atoms with Crippen LogP contribution in [0.1, 0.15) is 15.2 Å². The Kier molecular flexibility index (Phi) is 5.73. The molecule has 0 spiro atoms. The van der Waals surface area contributed by atoms with Crippen LogP contribution in [0.5, 0.6) is 11.5 Å². The molecule has 1 aromatic carbocycles. The summed E-state index contributed by atoms with van der Waals surface area (Å²) in [7, 11) is 1.57. The van der Waals surface area contributed by atoms with Crippen molar-refractivity contribution >= 4 is 23.5 Å². The molecule has 0 aliphatic heterocycles. The molecule has 2 rings (SSSR count). The van der Waals surface area contributed by atoms with Crippen LogP contribution in [0.25, 0.3) is 0 Å². The van der Waals surface area contributed by atoms with Gasteiger partial charge in [-0.05, 0) is 35.2 Å². The predicted molar refractivity (Wildman–Crippen MR) is 88.1 cm³/mol. The first-order valence-corrected chi connectivity index (χ1v) is 7.41. The van der Waals surface area contributed by atoms with Crippen LogP contribution in [0, 0.1) is 0 Å². The van der Waals surface area contributed by atoms with Gasteiger partial charge in [0.1, 0.15) is 6.61 Å². The maximum absolute atomic E-state index is 11.7. The van der Waals surface area contributed by atoms with Crippen LogP contribution in [0.4, 0.5) is 0 Å². The van der Waals surface area contributed by atoms with Gasteiger partial charge < -0.3 is 9.47 Å². The molecule has 2 aromatic rings. The number of rotatable bonds is 7. The molecule has 1 heterocycles. The number of benzene rings is 1.